The molecule has 0 radical (unpaired) electrons. The Bertz CT molecular complexity index is 791. The van der Waals surface area contributed by atoms with Crippen LogP contribution in [0.25, 0.3) is 10.9 Å². The zero-order valence-electron chi connectivity index (χ0n) is 11.3. The third kappa shape index (κ3) is 2.14. The maximum absolute atomic E-state index is 12.3. The van der Waals surface area contributed by atoms with E-state index in [0.29, 0.717) is 5.56 Å². The average Bonchev–Trinajstić information content (AvgIpc) is 2.85. The Morgan fingerprint density at radius 1 is 1.25 bits per heavy atom. The van der Waals surface area contributed by atoms with Gasteiger partial charge < -0.3 is 5.32 Å². The van der Waals surface area contributed by atoms with Crippen LogP contribution in [0.4, 0.5) is 5.69 Å². The summed E-state index contributed by atoms with van der Waals surface area (Å²) in [6.07, 6.45) is 1.53. The second-order valence-corrected chi connectivity index (χ2v) is 4.69. The van der Waals surface area contributed by atoms with Gasteiger partial charge in [-0.15, -0.1) is 0 Å². The van der Waals surface area contributed by atoms with Gasteiger partial charge in [0.2, 0.25) is 0 Å². The van der Waals surface area contributed by atoms with Gasteiger partial charge in [-0.1, -0.05) is 18.2 Å². The summed E-state index contributed by atoms with van der Waals surface area (Å²) in [6.45, 7) is 3.73. The zero-order valence-corrected chi connectivity index (χ0v) is 11.3. The number of rotatable bonds is 2. The summed E-state index contributed by atoms with van der Waals surface area (Å²) in [7, 11) is 0. The zero-order chi connectivity index (χ0) is 14.1. The van der Waals surface area contributed by atoms with Crippen LogP contribution >= 0.6 is 0 Å². The number of hydrogen-bond acceptors (Lipinski definition) is 3. The number of nitrogens with one attached hydrogen (secondary N) is 2. The van der Waals surface area contributed by atoms with E-state index in [2.05, 4.69) is 20.5 Å². The lowest BCUT2D eigenvalue weighted by Crippen LogP contribution is -2.13. The Morgan fingerprint density at radius 2 is 2.05 bits per heavy atom. The maximum Gasteiger partial charge on any atom is 0.259 e. The molecule has 0 saturated heterocycles. The molecule has 3 aromatic rings. The fraction of sp³-hybridized carbons (Fsp3) is 0.133. The van der Waals surface area contributed by atoms with Crippen molar-refractivity contribution in [3.8, 4) is 0 Å². The number of H-pyrrole nitrogens is 1. The summed E-state index contributed by atoms with van der Waals surface area (Å²) >= 11 is 0. The van der Waals surface area contributed by atoms with Gasteiger partial charge in [-0.3, -0.25) is 14.9 Å². The minimum absolute atomic E-state index is 0.174. The van der Waals surface area contributed by atoms with E-state index in [1.807, 2.05) is 44.2 Å². The molecule has 5 nitrogen and oxygen atoms in total. The van der Waals surface area contributed by atoms with E-state index >= 15 is 0 Å². The number of benzene rings is 1. The lowest BCUT2D eigenvalue weighted by atomic mass is 10.1. The summed E-state index contributed by atoms with van der Waals surface area (Å²) in [5.74, 6) is -0.174. The van der Waals surface area contributed by atoms with Crippen molar-refractivity contribution in [1.29, 1.82) is 0 Å². The van der Waals surface area contributed by atoms with Gasteiger partial charge in [0.05, 0.1) is 23.0 Å². The number of amides is 1. The van der Waals surface area contributed by atoms with Crippen LogP contribution in [0.2, 0.25) is 0 Å². The minimum Gasteiger partial charge on any atom is -0.321 e. The normalized spacial score (nSPS) is 10.7. The molecule has 0 aliphatic rings. The number of aromatic amines is 1. The number of aromatic nitrogens is 3. The fourth-order valence-electron chi connectivity index (χ4n) is 2.18. The number of pyridine rings is 1. The first-order chi connectivity index (χ1) is 9.65. The lowest BCUT2D eigenvalue weighted by Gasteiger charge is -2.09. The van der Waals surface area contributed by atoms with Crippen molar-refractivity contribution >= 4 is 22.5 Å². The van der Waals surface area contributed by atoms with Gasteiger partial charge in [-0.2, -0.15) is 5.10 Å². The summed E-state index contributed by atoms with van der Waals surface area (Å²) in [5.41, 5.74) is 3.79. The van der Waals surface area contributed by atoms with Crippen molar-refractivity contribution < 1.29 is 4.79 Å². The highest BCUT2D eigenvalue weighted by atomic mass is 16.1. The van der Waals surface area contributed by atoms with Crippen molar-refractivity contribution in [1.82, 2.24) is 15.2 Å². The molecule has 1 aromatic carbocycles. The molecule has 0 saturated carbocycles. The Kier molecular flexibility index (Phi) is 2.95. The Labute approximate surface area is 116 Å². The molecule has 0 aliphatic heterocycles. The smallest absolute Gasteiger partial charge is 0.259 e. The third-order valence-electron chi connectivity index (χ3n) is 3.17. The number of aryl methyl sites for hydroxylation is 2. The van der Waals surface area contributed by atoms with Crippen LogP contribution in [0.1, 0.15) is 21.7 Å². The number of anilines is 1. The molecule has 0 atom stereocenters. The third-order valence-corrected chi connectivity index (χ3v) is 3.17. The molecule has 0 fully saturated rings. The number of carbonyl (C=O) groups is 1. The first-order valence-corrected chi connectivity index (χ1v) is 6.33. The van der Waals surface area contributed by atoms with E-state index < -0.39 is 0 Å². The molecule has 100 valence electrons. The number of hydrogen-bond donors (Lipinski definition) is 2. The lowest BCUT2D eigenvalue weighted by molar-refractivity contribution is 0.102. The predicted molar refractivity (Wildman–Crippen MR) is 77.8 cm³/mol. The van der Waals surface area contributed by atoms with Crippen LogP contribution in [0, 0.1) is 13.8 Å². The van der Waals surface area contributed by atoms with E-state index in [9.17, 15) is 4.79 Å². The van der Waals surface area contributed by atoms with Crippen molar-refractivity contribution in [2.45, 2.75) is 13.8 Å². The maximum atomic E-state index is 12.3. The van der Waals surface area contributed by atoms with Gasteiger partial charge in [-0.25, -0.2) is 0 Å². The molecule has 2 aromatic heterocycles. The largest absolute Gasteiger partial charge is 0.321 e. The molecule has 0 aliphatic carbocycles. The molecule has 0 unspecified atom stereocenters. The van der Waals surface area contributed by atoms with E-state index in [-0.39, 0.29) is 5.91 Å². The van der Waals surface area contributed by atoms with Crippen LogP contribution in [-0.2, 0) is 0 Å². The van der Waals surface area contributed by atoms with Gasteiger partial charge in [0.1, 0.15) is 0 Å². The van der Waals surface area contributed by atoms with Crippen LogP contribution < -0.4 is 5.32 Å². The summed E-state index contributed by atoms with van der Waals surface area (Å²) in [5, 5.41) is 10.5. The summed E-state index contributed by atoms with van der Waals surface area (Å²) in [6, 6.07) is 9.61. The highest BCUT2D eigenvalue weighted by molar-refractivity contribution is 6.09. The minimum atomic E-state index is -0.174. The molecular formula is C15H14N4O. The molecule has 1 amide bonds. The Morgan fingerprint density at radius 3 is 2.80 bits per heavy atom. The highest BCUT2D eigenvalue weighted by Gasteiger charge is 2.13. The van der Waals surface area contributed by atoms with Gasteiger partial charge in [0, 0.05) is 16.8 Å². The topological polar surface area (TPSA) is 70.7 Å². The van der Waals surface area contributed by atoms with Gasteiger partial charge in [0.15, 0.2) is 0 Å². The summed E-state index contributed by atoms with van der Waals surface area (Å²) in [4.78, 5) is 16.7. The Balaban J connectivity index is 2.03. The van der Waals surface area contributed by atoms with Crippen molar-refractivity contribution in [3.63, 3.8) is 0 Å². The molecular weight excluding hydrogens is 252 g/mol. The molecule has 2 N–H and O–H groups in total. The van der Waals surface area contributed by atoms with E-state index in [1.165, 1.54) is 6.20 Å². The number of nitrogens with zero attached hydrogens (tertiary/aromatic N) is 2. The second-order valence-electron chi connectivity index (χ2n) is 4.69. The second kappa shape index (κ2) is 4.77. The van der Waals surface area contributed by atoms with Gasteiger partial charge in [-0.05, 0) is 26.0 Å². The van der Waals surface area contributed by atoms with Crippen LogP contribution in [0.15, 0.2) is 36.5 Å². The molecule has 0 bridgehead atoms. The fourth-order valence-corrected chi connectivity index (χ4v) is 2.18. The van der Waals surface area contributed by atoms with Gasteiger partial charge in [0.25, 0.3) is 5.91 Å². The molecule has 0 spiro atoms. The number of carbonyl (C=O) groups excluding carboxylic acids is 1. The predicted octanol–water partition coefficient (Wildman–Crippen LogP) is 2.83. The van der Waals surface area contributed by atoms with E-state index in [0.717, 1.165) is 28.0 Å². The molecule has 2 heterocycles. The van der Waals surface area contributed by atoms with E-state index in [4.69, 9.17) is 0 Å². The monoisotopic (exact) mass is 266 g/mol. The number of para-hydroxylation sites is 1. The molecule has 5 heteroatoms. The van der Waals surface area contributed by atoms with Crippen molar-refractivity contribution in [2.75, 3.05) is 5.32 Å². The van der Waals surface area contributed by atoms with Gasteiger partial charge >= 0.3 is 0 Å². The summed E-state index contributed by atoms with van der Waals surface area (Å²) < 4.78 is 0. The number of fused-ring (bicyclic) bond motifs is 1. The first-order valence-electron chi connectivity index (χ1n) is 6.33. The molecule has 20 heavy (non-hydrogen) atoms. The van der Waals surface area contributed by atoms with Crippen LogP contribution in [-0.4, -0.2) is 21.1 Å². The highest BCUT2D eigenvalue weighted by Crippen LogP contribution is 2.23. The SMILES string of the molecule is Cc1cc(NC(=O)c2cn[nH]c2C)c2ccccc2n1. The first kappa shape index (κ1) is 12.3. The average molecular weight is 266 g/mol. The van der Waals surface area contributed by atoms with E-state index in [1.54, 1.807) is 0 Å². The van der Waals surface area contributed by atoms with Crippen molar-refractivity contribution in [3.05, 3.63) is 53.5 Å². The Hall–Kier alpha value is -2.69. The quantitative estimate of drug-likeness (QED) is 0.749. The standard InChI is InChI=1S/C15H14N4O/c1-9-7-14(11-5-3-4-6-13(11)17-9)18-15(20)12-8-16-19-10(12)2/h3-8H,1-2H3,(H,16,19)(H,17,18,20). The van der Waals surface area contributed by atoms with Crippen LogP contribution in [0.5, 0.6) is 0 Å². The molecule has 3 rings (SSSR count). The van der Waals surface area contributed by atoms with Crippen molar-refractivity contribution in [2.24, 2.45) is 0 Å². The van der Waals surface area contributed by atoms with Crippen LogP contribution in [0.3, 0.4) is 0 Å².